The van der Waals surface area contributed by atoms with E-state index in [0.717, 1.165) is 52.6 Å². The van der Waals surface area contributed by atoms with E-state index in [0.29, 0.717) is 13.1 Å². The summed E-state index contributed by atoms with van der Waals surface area (Å²) in [5.74, 6) is 0.925. The monoisotopic (exact) mass is 435 g/mol. The molecule has 2 aromatic rings. The SMILES string of the molecule is C=C(C)N=C(/C=C\C)N1CCCC(C(=O)NCc2ccc(-c3ccccc3Cl)cc2)C1. The number of aliphatic imine (C=N–C) groups is 1. The fourth-order valence-electron chi connectivity index (χ4n) is 3.79. The summed E-state index contributed by atoms with van der Waals surface area (Å²) in [6.45, 7) is 9.83. The minimum absolute atomic E-state index is 0.0447. The molecule has 1 unspecified atom stereocenters. The summed E-state index contributed by atoms with van der Waals surface area (Å²) in [5.41, 5.74) is 3.91. The molecule has 0 saturated carbocycles. The predicted molar refractivity (Wildman–Crippen MR) is 130 cm³/mol. The minimum atomic E-state index is -0.0447. The lowest BCUT2D eigenvalue weighted by atomic mass is 9.96. The maximum atomic E-state index is 12.8. The smallest absolute Gasteiger partial charge is 0.225 e. The number of nitrogens with one attached hydrogen (secondary N) is 1. The first-order chi connectivity index (χ1) is 15.0. The summed E-state index contributed by atoms with van der Waals surface area (Å²) in [7, 11) is 0. The number of piperidine rings is 1. The molecular formula is C26H30ClN3O. The van der Waals surface area contributed by atoms with E-state index >= 15 is 0 Å². The van der Waals surface area contributed by atoms with Crippen molar-refractivity contribution in [2.24, 2.45) is 10.9 Å². The first kappa shape index (κ1) is 22.8. The van der Waals surface area contributed by atoms with Crippen LogP contribution in [-0.4, -0.2) is 29.7 Å². The van der Waals surface area contributed by atoms with Crippen LogP contribution in [0.25, 0.3) is 11.1 Å². The van der Waals surface area contributed by atoms with Crippen LogP contribution < -0.4 is 5.32 Å². The fourth-order valence-corrected chi connectivity index (χ4v) is 4.03. The Morgan fingerprint density at radius 3 is 2.68 bits per heavy atom. The average molecular weight is 436 g/mol. The highest BCUT2D eigenvalue weighted by atomic mass is 35.5. The van der Waals surface area contributed by atoms with E-state index in [1.54, 1.807) is 0 Å². The van der Waals surface area contributed by atoms with Gasteiger partial charge in [-0.1, -0.05) is 66.7 Å². The summed E-state index contributed by atoms with van der Waals surface area (Å²) < 4.78 is 0. The van der Waals surface area contributed by atoms with E-state index in [2.05, 4.69) is 21.8 Å². The number of benzene rings is 2. The first-order valence-electron chi connectivity index (χ1n) is 10.7. The number of hydrogen-bond donors (Lipinski definition) is 1. The van der Waals surface area contributed by atoms with Gasteiger partial charge in [0.1, 0.15) is 5.84 Å². The van der Waals surface area contributed by atoms with Crippen LogP contribution in [0, 0.1) is 5.92 Å². The second-order valence-corrected chi connectivity index (χ2v) is 8.29. The maximum Gasteiger partial charge on any atom is 0.225 e. The summed E-state index contributed by atoms with van der Waals surface area (Å²) in [6.07, 6.45) is 5.81. The van der Waals surface area contributed by atoms with Crippen molar-refractivity contribution in [1.82, 2.24) is 10.2 Å². The Kier molecular flexibility index (Phi) is 8.07. The molecule has 0 bridgehead atoms. The van der Waals surface area contributed by atoms with Crippen LogP contribution in [0.4, 0.5) is 0 Å². The number of hydrogen-bond acceptors (Lipinski definition) is 2. The van der Waals surface area contributed by atoms with Crippen molar-refractivity contribution in [3.63, 3.8) is 0 Å². The van der Waals surface area contributed by atoms with Gasteiger partial charge in [0.15, 0.2) is 0 Å². The summed E-state index contributed by atoms with van der Waals surface area (Å²) in [5, 5.41) is 3.84. The van der Waals surface area contributed by atoms with E-state index in [9.17, 15) is 4.79 Å². The fraction of sp³-hybridized carbons (Fsp3) is 0.308. The zero-order valence-corrected chi connectivity index (χ0v) is 19.0. The molecule has 1 N–H and O–H groups in total. The van der Waals surface area contributed by atoms with Crippen molar-refractivity contribution in [2.75, 3.05) is 13.1 Å². The van der Waals surface area contributed by atoms with Gasteiger partial charge in [-0.25, -0.2) is 4.99 Å². The molecule has 5 heteroatoms. The molecule has 1 heterocycles. The molecule has 0 aliphatic carbocycles. The van der Waals surface area contributed by atoms with E-state index < -0.39 is 0 Å². The normalized spacial score (nSPS) is 17.1. The number of nitrogens with zero attached hydrogens (tertiary/aromatic N) is 2. The molecule has 4 nitrogen and oxygen atoms in total. The average Bonchev–Trinajstić information content (AvgIpc) is 2.78. The second kappa shape index (κ2) is 11.0. The number of likely N-dealkylation sites (tertiary alicyclic amines) is 1. The Bertz CT molecular complexity index is 978. The van der Waals surface area contributed by atoms with Gasteiger partial charge in [-0.05, 0) is 50.0 Å². The quantitative estimate of drug-likeness (QED) is 0.457. The second-order valence-electron chi connectivity index (χ2n) is 7.89. The molecule has 1 amide bonds. The highest BCUT2D eigenvalue weighted by molar-refractivity contribution is 6.33. The van der Waals surface area contributed by atoms with Gasteiger partial charge >= 0.3 is 0 Å². The van der Waals surface area contributed by atoms with Crippen molar-refractivity contribution in [3.05, 3.63) is 83.5 Å². The zero-order valence-electron chi connectivity index (χ0n) is 18.3. The van der Waals surface area contributed by atoms with Crippen LogP contribution in [0.15, 0.2) is 78.0 Å². The molecular weight excluding hydrogens is 406 g/mol. The molecule has 0 spiro atoms. The van der Waals surface area contributed by atoms with Crippen molar-refractivity contribution in [1.29, 1.82) is 0 Å². The van der Waals surface area contributed by atoms with Crippen molar-refractivity contribution < 1.29 is 4.79 Å². The number of amidine groups is 1. The number of carbonyl (C=O) groups is 1. The largest absolute Gasteiger partial charge is 0.356 e. The molecule has 0 aromatic heterocycles. The van der Waals surface area contributed by atoms with E-state index in [1.807, 2.05) is 74.5 Å². The number of halogens is 1. The van der Waals surface area contributed by atoms with Crippen molar-refractivity contribution in [3.8, 4) is 11.1 Å². The molecule has 1 fully saturated rings. The molecule has 1 aliphatic rings. The Morgan fingerprint density at radius 2 is 2.00 bits per heavy atom. The Labute approximate surface area is 190 Å². The van der Waals surface area contributed by atoms with E-state index in [-0.39, 0.29) is 11.8 Å². The molecule has 1 aliphatic heterocycles. The lowest BCUT2D eigenvalue weighted by Crippen LogP contribution is -2.45. The number of amides is 1. The van der Waals surface area contributed by atoms with Crippen LogP contribution in [-0.2, 0) is 11.3 Å². The van der Waals surface area contributed by atoms with E-state index in [4.69, 9.17) is 11.6 Å². The Hall–Kier alpha value is -2.85. The van der Waals surface area contributed by atoms with Gasteiger partial charge in [-0.2, -0.15) is 0 Å². The molecule has 3 rings (SSSR count). The third-order valence-corrected chi connectivity index (χ3v) is 5.67. The molecule has 162 valence electrons. The van der Waals surface area contributed by atoms with Crippen LogP contribution in [0.2, 0.25) is 5.02 Å². The topological polar surface area (TPSA) is 44.7 Å². The Morgan fingerprint density at radius 1 is 1.26 bits per heavy atom. The lowest BCUT2D eigenvalue weighted by molar-refractivity contribution is -0.126. The summed E-state index contributed by atoms with van der Waals surface area (Å²) in [4.78, 5) is 19.5. The number of rotatable bonds is 6. The van der Waals surface area contributed by atoms with Crippen LogP contribution in [0.1, 0.15) is 32.3 Å². The third-order valence-electron chi connectivity index (χ3n) is 5.34. The minimum Gasteiger partial charge on any atom is -0.356 e. The lowest BCUT2D eigenvalue weighted by Gasteiger charge is -2.33. The van der Waals surface area contributed by atoms with Gasteiger partial charge in [-0.3, -0.25) is 4.79 Å². The third kappa shape index (κ3) is 6.31. The van der Waals surface area contributed by atoms with Gasteiger partial charge in [-0.15, -0.1) is 0 Å². The highest BCUT2D eigenvalue weighted by Gasteiger charge is 2.26. The molecule has 1 saturated heterocycles. The zero-order chi connectivity index (χ0) is 22.2. The van der Waals surface area contributed by atoms with Gasteiger partial charge in [0.25, 0.3) is 0 Å². The van der Waals surface area contributed by atoms with Crippen LogP contribution in [0.3, 0.4) is 0 Å². The van der Waals surface area contributed by atoms with Gasteiger partial charge in [0.2, 0.25) is 5.91 Å². The van der Waals surface area contributed by atoms with Crippen molar-refractivity contribution >= 4 is 23.3 Å². The van der Waals surface area contributed by atoms with Crippen LogP contribution in [0.5, 0.6) is 0 Å². The van der Waals surface area contributed by atoms with Gasteiger partial charge < -0.3 is 10.2 Å². The standard InChI is InChI=1S/C26H30ClN3O/c1-4-8-25(29-19(2)3)30-16-7-9-22(18-30)26(31)28-17-20-12-14-21(15-13-20)23-10-5-6-11-24(23)27/h4-6,8,10-15,22H,2,7,9,16-18H2,1,3H3,(H,28,31)/b8-4-,29-25?. The van der Waals surface area contributed by atoms with Crippen LogP contribution >= 0.6 is 11.6 Å². The highest BCUT2D eigenvalue weighted by Crippen LogP contribution is 2.27. The molecule has 2 aromatic carbocycles. The maximum absolute atomic E-state index is 12.8. The predicted octanol–water partition coefficient (Wildman–Crippen LogP) is 5.84. The number of allylic oxidation sites excluding steroid dienone is 2. The molecule has 0 radical (unpaired) electrons. The number of carbonyl (C=O) groups excluding carboxylic acids is 1. The molecule has 1 atom stereocenters. The van der Waals surface area contributed by atoms with Gasteiger partial charge in [0, 0.05) is 35.9 Å². The van der Waals surface area contributed by atoms with E-state index in [1.165, 1.54) is 0 Å². The summed E-state index contributed by atoms with van der Waals surface area (Å²) >= 11 is 6.29. The van der Waals surface area contributed by atoms with Crippen molar-refractivity contribution in [2.45, 2.75) is 33.2 Å². The summed E-state index contributed by atoms with van der Waals surface area (Å²) in [6, 6.07) is 16.0. The Balaban J connectivity index is 1.59. The molecule has 31 heavy (non-hydrogen) atoms. The first-order valence-corrected chi connectivity index (χ1v) is 11.1. The van der Waals surface area contributed by atoms with Gasteiger partial charge in [0.05, 0.1) is 5.92 Å².